The highest BCUT2D eigenvalue weighted by Gasteiger charge is 2.14. The lowest BCUT2D eigenvalue weighted by molar-refractivity contribution is -0.138. The molecule has 1 N–H and O–H groups in total. The van der Waals surface area contributed by atoms with Gasteiger partial charge in [0.05, 0.1) is 21.5 Å². The molecule has 134 valence electrons. The summed E-state index contributed by atoms with van der Waals surface area (Å²) in [5.41, 5.74) is 0. The van der Waals surface area contributed by atoms with Crippen LogP contribution in [-0.4, -0.2) is 42.2 Å². The van der Waals surface area contributed by atoms with E-state index in [4.69, 9.17) is 33.0 Å². The van der Waals surface area contributed by atoms with Crippen LogP contribution in [0, 0.1) is 0 Å². The molecule has 7 heteroatoms. The highest BCUT2D eigenvalue weighted by Crippen LogP contribution is 2.37. The first-order valence-corrected chi connectivity index (χ1v) is 9.21. The molecule has 0 unspecified atom stereocenters. The number of carboxylic acids is 1. The molecule has 4 nitrogen and oxygen atoms in total. The van der Waals surface area contributed by atoms with Gasteiger partial charge in [-0.2, -0.15) is 0 Å². The monoisotopic (exact) mass is 399 g/mol. The molecule has 1 atom stereocenters. The highest BCUT2D eigenvalue weighted by molar-refractivity contribution is 7.99. The number of carbonyl (C=O) groups is 1. The van der Waals surface area contributed by atoms with Crippen LogP contribution in [0.4, 0.5) is 0 Å². The van der Waals surface area contributed by atoms with Gasteiger partial charge in [-0.15, -0.1) is 0 Å². The summed E-state index contributed by atoms with van der Waals surface area (Å²) in [7, 11) is 1.76. The summed E-state index contributed by atoms with van der Waals surface area (Å²) in [6.07, 6.45) is 0. The molecule has 0 bridgehead atoms. The number of likely N-dealkylation sites (N-methyl/N-ethyl adjacent to an activating group) is 1. The molecule has 2 rings (SSSR count). The first-order chi connectivity index (χ1) is 11.9. The van der Waals surface area contributed by atoms with Crippen LogP contribution in [0.2, 0.25) is 10.0 Å². The third-order valence-corrected chi connectivity index (χ3v) is 5.37. The van der Waals surface area contributed by atoms with Crippen LogP contribution in [0.1, 0.15) is 6.92 Å². The van der Waals surface area contributed by atoms with Crippen molar-refractivity contribution >= 4 is 40.9 Å². The number of rotatable bonds is 8. The number of aliphatic carboxylic acids is 1. The van der Waals surface area contributed by atoms with Crippen molar-refractivity contribution in [3.63, 3.8) is 0 Å². The predicted octanol–water partition coefficient (Wildman–Crippen LogP) is 4.93. The Balaban J connectivity index is 2.05. The van der Waals surface area contributed by atoms with Gasteiger partial charge in [0.25, 0.3) is 0 Å². The average molecular weight is 400 g/mol. The quantitative estimate of drug-likeness (QED) is 0.681. The SMILES string of the molecule is C[C@@H](COc1ccccc1Sc1ccc(Cl)c(Cl)c1)N(C)CC(=O)O. The van der Waals surface area contributed by atoms with Gasteiger partial charge < -0.3 is 9.84 Å². The minimum atomic E-state index is -0.857. The molecule has 0 fully saturated rings. The van der Waals surface area contributed by atoms with E-state index in [1.165, 1.54) is 11.8 Å². The summed E-state index contributed by atoms with van der Waals surface area (Å²) in [6.45, 7) is 2.30. The van der Waals surface area contributed by atoms with Gasteiger partial charge in [-0.1, -0.05) is 47.1 Å². The van der Waals surface area contributed by atoms with E-state index >= 15 is 0 Å². The number of benzene rings is 2. The van der Waals surface area contributed by atoms with E-state index in [0.717, 1.165) is 15.5 Å². The summed E-state index contributed by atoms with van der Waals surface area (Å²) in [4.78, 5) is 14.4. The molecule has 0 heterocycles. The van der Waals surface area contributed by atoms with E-state index in [0.29, 0.717) is 16.7 Å². The molecule has 2 aromatic carbocycles. The molecule has 0 spiro atoms. The first-order valence-electron chi connectivity index (χ1n) is 7.63. The number of para-hydroxylation sites is 1. The van der Waals surface area contributed by atoms with Crippen LogP contribution < -0.4 is 4.74 Å². The van der Waals surface area contributed by atoms with Crippen molar-refractivity contribution in [3.8, 4) is 5.75 Å². The van der Waals surface area contributed by atoms with Gasteiger partial charge in [-0.25, -0.2) is 0 Å². The number of hydrogen-bond donors (Lipinski definition) is 1. The van der Waals surface area contributed by atoms with Gasteiger partial charge in [0.15, 0.2) is 0 Å². The lowest BCUT2D eigenvalue weighted by atomic mass is 10.3. The van der Waals surface area contributed by atoms with Crippen molar-refractivity contribution < 1.29 is 14.6 Å². The number of ether oxygens (including phenoxy) is 1. The van der Waals surface area contributed by atoms with Gasteiger partial charge in [0.2, 0.25) is 0 Å². The fourth-order valence-corrected chi connectivity index (χ4v) is 3.33. The zero-order valence-electron chi connectivity index (χ0n) is 13.9. The lowest BCUT2D eigenvalue weighted by Gasteiger charge is -2.23. The second kappa shape index (κ2) is 9.34. The van der Waals surface area contributed by atoms with E-state index in [1.807, 2.05) is 43.3 Å². The number of halogens is 2. The summed E-state index contributed by atoms with van der Waals surface area (Å²) in [6, 6.07) is 13.1. The topological polar surface area (TPSA) is 49.8 Å². The molecule has 0 amide bonds. The second-order valence-corrected chi connectivity index (χ2v) is 7.52. The zero-order chi connectivity index (χ0) is 18.4. The molecule has 25 heavy (non-hydrogen) atoms. The fraction of sp³-hybridized carbons (Fsp3) is 0.278. The van der Waals surface area contributed by atoms with E-state index < -0.39 is 5.97 Å². The molecule has 0 aliphatic heterocycles. The molecular formula is C18H19Cl2NO3S. The molecular weight excluding hydrogens is 381 g/mol. The molecule has 0 aliphatic carbocycles. The van der Waals surface area contributed by atoms with Gasteiger partial charge >= 0.3 is 5.97 Å². The minimum Gasteiger partial charge on any atom is -0.491 e. The Morgan fingerprint density at radius 1 is 1.24 bits per heavy atom. The maximum atomic E-state index is 10.8. The molecule has 0 aliphatic rings. The lowest BCUT2D eigenvalue weighted by Crippen LogP contribution is -2.37. The predicted molar refractivity (Wildman–Crippen MR) is 102 cm³/mol. The molecule has 0 radical (unpaired) electrons. The maximum Gasteiger partial charge on any atom is 0.317 e. The number of nitrogens with zero attached hydrogens (tertiary/aromatic N) is 1. The number of carboxylic acid groups (broad SMARTS) is 1. The van der Waals surface area contributed by atoms with Crippen LogP contribution in [0.3, 0.4) is 0 Å². The largest absolute Gasteiger partial charge is 0.491 e. The first kappa shape index (κ1) is 19.9. The van der Waals surface area contributed by atoms with Crippen molar-refractivity contribution in [2.75, 3.05) is 20.2 Å². The van der Waals surface area contributed by atoms with E-state index in [-0.39, 0.29) is 12.6 Å². The Hall–Kier alpha value is -1.40. The van der Waals surface area contributed by atoms with E-state index in [2.05, 4.69) is 0 Å². The minimum absolute atomic E-state index is 0.0236. The van der Waals surface area contributed by atoms with E-state index in [1.54, 1.807) is 18.0 Å². The highest BCUT2D eigenvalue weighted by atomic mass is 35.5. The van der Waals surface area contributed by atoms with Crippen LogP contribution >= 0.6 is 35.0 Å². The fourth-order valence-electron chi connectivity index (χ4n) is 2.03. The Bertz CT molecular complexity index is 742. The molecule has 2 aromatic rings. The summed E-state index contributed by atoms with van der Waals surface area (Å²) < 4.78 is 5.91. The van der Waals surface area contributed by atoms with Crippen molar-refractivity contribution in [2.45, 2.75) is 22.8 Å². The van der Waals surface area contributed by atoms with Gasteiger partial charge in [0.1, 0.15) is 12.4 Å². The average Bonchev–Trinajstić information content (AvgIpc) is 2.56. The molecule has 0 aromatic heterocycles. The van der Waals surface area contributed by atoms with Crippen LogP contribution in [0.15, 0.2) is 52.3 Å². The Labute approximate surface area is 161 Å². The summed E-state index contributed by atoms with van der Waals surface area (Å²) >= 11 is 13.6. The van der Waals surface area contributed by atoms with Crippen molar-refractivity contribution in [3.05, 3.63) is 52.5 Å². The van der Waals surface area contributed by atoms with Gasteiger partial charge in [0, 0.05) is 10.9 Å². The third kappa shape index (κ3) is 6.12. The van der Waals surface area contributed by atoms with Crippen molar-refractivity contribution in [1.82, 2.24) is 4.90 Å². The standard InChI is InChI=1S/C18H19Cl2NO3S/c1-12(21(2)10-18(22)23)11-24-16-5-3-4-6-17(16)25-13-7-8-14(19)15(20)9-13/h3-9,12H,10-11H2,1-2H3,(H,22,23)/t12-/m0/s1. The maximum absolute atomic E-state index is 10.8. The van der Waals surface area contributed by atoms with E-state index in [9.17, 15) is 4.79 Å². The zero-order valence-corrected chi connectivity index (χ0v) is 16.2. The smallest absolute Gasteiger partial charge is 0.317 e. The van der Waals surface area contributed by atoms with Gasteiger partial charge in [-0.3, -0.25) is 9.69 Å². The normalized spacial score (nSPS) is 12.2. The van der Waals surface area contributed by atoms with Gasteiger partial charge in [-0.05, 0) is 44.3 Å². The third-order valence-electron chi connectivity index (χ3n) is 3.59. The van der Waals surface area contributed by atoms with Crippen LogP contribution in [-0.2, 0) is 4.79 Å². The Morgan fingerprint density at radius 2 is 1.96 bits per heavy atom. The molecule has 0 saturated heterocycles. The molecule has 0 saturated carbocycles. The van der Waals surface area contributed by atoms with Crippen LogP contribution in [0.5, 0.6) is 5.75 Å². The number of hydrogen-bond acceptors (Lipinski definition) is 4. The summed E-state index contributed by atoms with van der Waals surface area (Å²) in [5, 5.41) is 9.89. The summed E-state index contributed by atoms with van der Waals surface area (Å²) in [5.74, 6) is -0.112. The second-order valence-electron chi connectivity index (χ2n) is 5.59. The Kier molecular flexibility index (Phi) is 7.44. The Morgan fingerprint density at radius 3 is 2.64 bits per heavy atom. The van der Waals surface area contributed by atoms with Crippen LogP contribution in [0.25, 0.3) is 0 Å². The van der Waals surface area contributed by atoms with Crippen molar-refractivity contribution in [2.24, 2.45) is 0 Å². The van der Waals surface area contributed by atoms with Crippen molar-refractivity contribution in [1.29, 1.82) is 0 Å².